The van der Waals surface area contributed by atoms with Crippen LogP contribution in [0.25, 0.3) is 11.8 Å². The highest BCUT2D eigenvalue weighted by Crippen LogP contribution is 2.27. The fourth-order valence-electron chi connectivity index (χ4n) is 4.53. The zero-order valence-electron chi connectivity index (χ0n) is 21.0. The molecule has 3 heterocycles. The molecule has 0 N–H and O–H groups in total. The van der Waals surface area contributed by atoms with Crippen LogP contribution in [0.1, 0.15) is 23.1 Å². The molecule has 3 aromatic rings. The van der Waals surface area contributed by atoms with Gasteiger partial charge in [0, 0.05) is 50.6 Å². The van der Waals surface area contributed by atoms with Gasteiger partial charge in [0.1, 0.15) is 12.3 Å². The molecule has 8 heteroatoms. The van der Waals surface area contributed by atoms with E-state index in [1.54, 1.807) is 25.6 Å². The molecule has 2 aliphatic heterocycles. The van der Waals surface area contributed by atoms with E-state index in [-0.39, 0.29) is 12.5 Å². The molecule has 0 unspecified atom stereocenters. The van der Waals surface area contributed by atoms with Crippen molar-refractivity contribution in [2.45, 2.75) is 6.42 Å². The summed E-state index contributed by atoms with van der Waals surface area (Å²) in [7, 11) is 1.65. The van der Waals surface area contributed by atoms with E-state index in [4.69, 9.17) is 9.84 Å². The lowest BCUT2D eigenvalue weighted by Crippen LogP contribution is -2.51. The Morgan fingerprint density at radius 2 is 1.76 bits per heavy atom. The number of allylic oxidation sites excluding steroid dienone is 1. The van der Waals surface area contributed by atoms with Gasteiger partial charge in [0.05, 0.1) is 18.5 Å². The van der Waals surface area contributed by atoms with Crippen molar-refractivity contribution in [2.24, 2.45) is 5.10 Å². The number of hydrogen-bond donors (Lipinski definition) is 0. The highest BCUT2D eigenvalue weighted by atomic mass is 16.5. The van der Waals surface area contributed by atoms with E-state index in [0.717, 1.165) is 33.8 Å². The molecule has 1 amide bonds. The van der Waals surface area contributed by atoms with Gasteiger partial charge in [-0.2, -0.15) is 5.10 Å². The van der Waals surface area contributed by atoms with E-state index in [0.29, 0.717) is 38.5 Å². The Balaban J connectivity index is 1.35. The van der Waals surface area contributed by atoms with Crippen molar-refractivity contribution in [3.63, 3.8) is 0 Å². The number of rotatable bonds is 7. The van der Waals surface area contributed by atoms with Crippen molar-refractivity contribution >= 4 is 29.3 Å². The smallest absolute Gasteiger partial charge is 0.244 e. The molecule has 188 valence electrons. The first-order valence-corrected chi connectivity index (χ1v) is 12.4. The molecule has 1 aromatic heterocycles. The first-order valence-electron chi connectivity index (χ1n) is 12.4. The van der Waals surface area contributed by atoms with Crippen molar-refractivity contribution in [3.8, 4) is 5.75 Å². The number of carbonyl (C=O) groups excluding carboxylic acids is 1. The summed E-state index contributed by atoms with van der Waals surface area (Å²) in [6.45, 7) is 6.62. The molecule has 0 spiro atoms. The molecule has 0 atom stereocenters. The lowest BCUT2D eigenvalue weighted by atomic mass is 10.0. The maximum Gasteiger partial charge on any atom is 0.244 e. The van der Waals surface area contributed by atoms with Crippen molar-refractivity contribution in [1.29, 1.82) is 0 Å². The topological polar surface area (TPSA) is 74.2 Å². The van der Waals surface area contributed by atoms with Crippen LogP contribution < -0.4 is 9.64 Å². The Bertz CT molecular complexity index is 1310. The van der Waals surface area contributed by atoms with Gasteiger partial charge in [-0.25, -0.2) is 9.97 Å². The fourth-order valence-corrected chi connectivity index (χ4v) is 4.53. The Labute approximate surface area is 217 Å². The summed E-state index contributed by atoms with van der Waals surface area (Å²) in [5.41, 5.74) is 4.85. The van der Waals surface area contributed by atoms with Crippen LogP contribution in [0.4, 0.5) is 5.95 Å². The molecular formula is C29H30N6O2. The first kappa shape index (κ1) is 24.2. The minimum Gasteiger partial charge on any atom is -0.497 e. The van der Waals surface area contributed by atoms with Crippen LogP contribution in [-0.4, -0.2) is 71.3 Å². The van der Waals surface area contributed by atoms with Gasteiger partial charge in [-0.1, -0.05) is 55.1 Å². The number of nitrogens with zero attached hydrogens (tertiary/aromatic N) is 6. The summed E-state index contributed by atoms with van der Waals surface area (Å²) in [5, 5.41) is 6.78. The van der Waals surface area contributed by atoms with Gasteiger partial charge in [-0.05, 0) is 29.3 Å². The van der Waals surface area contributed by atoms with Crippen molar-refractivity contribution in [1.82, 2.24) is 19.9 Å². The largest absolute Gasteiger partial charge is 0.497 e. The molecular weight excluding hydrogens is 464 g/mol. The van der Waals surface area contributed by atoms with Gasteiger partial charge in [0.25, 0.3) is 0 Å². The number of amides is 1. The number of hydrogen-bond acceptors (Lipinski definition) is 7. The van der Waals surface area contributed by atoms with Gasteiger partial charge < -0.3 is 14.5 Å². The monoisotopic (exact) mass is 494 g/mol. The number of carbonyl (C=O) groups is 1. The highest BCUT2D eigenvalue weighted by Gasteiger charge is 2.26. The van der Waals surface area contributed by atoms with Crippen molar-refractivity contribution in [2.75, 3.05) is 44.7 Å². The Morgan fingerprint density at radius 1 is 1.00 bits per heavy atom. The zero-order valence-corrected chi connectivity index (χ0v) is 21.0. The van der Waals surface area contributed by atoms with Crippen LogP contribution >= 0.6 is 0 Å². The number of methoxy groups -OCH3 is 1. The molecule has 2 aliphatic rings. The third-order valence-electron chi connectivity index (χ3n) is 6.61. The average molecular weight is 495 g/mol. The lowest BCUT2D eigenvalue weighted by molar-refractivity contribution is -0.132. The van der Waals surface area contributed by atoms with Gasteiger partial charge in [-0.3, -0.25) is 9.80 Å². The number of aromatic nitrogens is 2. The minimum absolute atomic E-state index is 0.0397. The fraction of sp³-hybridized carbons (Fsp3) is 0.241. The predicted molar refractivity (Wildman–Crippen MR) is 146 cm³/mol. The van der Waals surface area contributed by atoms with E-state index in [2.05, 4.69) is 27.5 Å². The Kier molecular flexibility index (Phi) is 7.26. The molecule has 8 nitrogen and oxygen atoms in total. The number of ether oxygens (including phenoxy) is 1. The second-order valence-electron chi connectivity index (χ2n) is 8.87. The SMILES string of the molecule is C=Cc1ccc(C2=CCC(c3cccc(OC)c3)=NN2CC(=O)N2CCN(c3ncccn3)CC2)cc1. The van der Waals surface area contributed by atoms with E-state index in [1.807, 2.05) is 64.5 Å². The van der Waals surface area contributed by atoms with E-state index in [9.17, 15) is 4.79 Å². The molecule has 5 rings (SSSR count). The van der Waals surface area contributed by atoms with E-state index >= 15 is 0 Å². The quantitative estimate of drug-likeness (QED) is 0.496. The number of hydrazone groups is 1. The predicted octanol–water partition coefficient (Wildman–Crippen LogP) is 3.93. The third-order valence-corrected chi connectivity index (χ3v) is 6.61. The lowest BCUT2D eigenvalue weighted by Gasteiger charge is -2.36. The van der Waals surface area contributed by atoms with Gasteiger partial charge in [-0.15, -0.1) is 0 Å². The molecule has 0 saturated carbocycles. The normalized spacial score (nSPS) is 15.6. The van der Waals surface area contributed by atoms with Crippen LogP contribution in [0, 0.1) is 0 Å². The number of benzene rings is 2. The van der Waals surface area contributed by atoms with Crippen LogP contribution in [0.3, 0.4) is 0 Å². The van der Waals surface area contributed by atoms with Crippen LogP contribution in [0.2, 0.25) is 0 Å². The Morgan fingerprint density at radius 3 is 2.46 bits per heavy atom. The molecule has 1 saturated heterocycles. The van der Waals surface area contributed by atoms with E-state index < -0.39 is 0 Å². The summed E-state index contributed by atoms with van der Waals surface area (Å²) < 4.78 is 5.40. The number of anilines is 1. The second kappa shape index (κ2) is 11.1. The maximum absolute atomic E-state index is 13.4. The van der Waals surface area contributed by atoms with Gasteiger partial charge in [0.15, 0.2) is 0 Å². The molecule has 1 fully saturated rings. The average Bonchev–Trinajstić information content (AvgIpc) is 2.98. The first-order chi connectivity index (χ1) is 18.1. The van der Waals surface area contributed by atoms with Gasteiger partial charge in [0.2, 0.25) is 11.9 Å². The maximum atomic E-state index is 13.4. The standard InChI is InChI=1S/C29H30N6O2/c1-3-22-8-10-23(11-9-22)27-13-12-26(24-6-4-7-25(20-24)37-2)32-35(27)21-28(36)33-16-18-34(19-17-33)29-30-14-5-15-31-29/h3-11,13-15,20H,1,12,16-19,21H2,2H3. The molecule has 0 aliphatic carbocycles. The molecule has 37 heavy (non-hydrogen) atoms. The Hall–Kier alpha value is -4.46. The highest BCUT2D eigenvalue weighted by molar-refractivity contribution is 6.03. The van der Waals surface area contributed by atoms with Gasteiger partial charge >= 0.3 is 0 Å². The minimum atomic E-state index is 0.0397. The van der Waals surface area contributed by atoms with Crippen molar-refractivity contribution < 1.29 is 9.53 Å². The number of piperazine rings is 1. The summed E-state index contributed by atoms with van der Waals surface area (Å²) >= 11 is 0. The molecule has 0 bridgehead atoms. The van der Waals surface area contributed by atoms with E-state index in [1.165, 1.54) is 0 Å². The van der Waals surface area contributed by atoms with Crippen LogP contribution in [-0.2, 0) is 4.79 Å². The summed E-state index contributed by atoms with van der Waals surface area (Å²) in [5.74, 6) is 1.52. The summed E-state index contributed by atoms with van der Waals surface area (Å²) in [6.07, 6.45) is 8.10. The van der Waals surface area contributed by atoms with Crippen LogP contribution in [0.5, 0.6) is 5.75 Å². The van der Waals surface area contributed by atoms with Crippen molar-refractivity contribution in [3.05, 3.63) is 96.3 Å². The third kappa shape index (κ3) is 5.53. The molecule has 2 aromatic carbocycles. The zero-order chi connectivity index (χ0) is 25.6. The molecule has 0 radical (unpaired) electrons. The summed E-state index contributed by atoms with van der Waals surface area (Å²) in [4.78, 5) is 26.1. The second-order valence-corrected chi connectivity index (χ2v) is 8.87. The summed E-state index contributed by atoms with van der Waals surface area (Å²) in [6, 6.07) is 17.8. The van der Waals surface area contributed by atoms with Crippen LogP contribution in [0.15, 0.2) is 84.7 Å².